The molecule has 0 fully saturated rings. The van der Waals surface area contributed by atoms with Crippen molar-refractivity contribution in [2.45, 2.75) is 0 Å². The first kappa shape index (κ1) is 19.2. The second-order valence-corrected chi connectivity index (χ2v) is 6.98. The number of fused-ring (bicyclic) bond motifs is 1. The lowest BCUT2D eigenvalue weighted by atomic mass is 10.1. The van der Waals surface area contributed by atoms with Crippen LogP contribution in [-0.2, 0) is 0 Å². The molecule has 1 aliphatic rings. The van der Waals surface area contributed by atoms with Gasteiger partial charge in [-0.05, 0) is 35.9 Å². The number of phenols is 1. The minimum absolute atomic E-state index is 0.0621. The van der Waals surface area contributed by atoms with E-state index < -0.39 is 16.4 Å². The summed E-state index contributed by atoms with van der Waals surface area (Å²) in [6, 6.07) is 10.1. The van der Waals surface area contributed by atoms with E-state index in [1.54, 1.807) is 11.4 Å². The fraction of sp³-hybridized carbons (Fsp3) is 0.100. The Hall–Kier alpha value is -4.10. The van der Waals surface area contributed by atoms with E-state index >= 15 is 0 Å². The molecule has 1 N–H and O–H groups in total. The molecule has 2 heterocycles. The topological polar surface area (TPSA) is 128 Å². The van der Waals surface area contributed by atoms with Gasteiger partial charge in [-0.2, -0.15) is 5.26 Å². The van der Waals surface area contributed by atoms with Crippen molar-refractivity contribution in [3.8, 4) is 40.3 Å². The van der Waals surface area contributed by atoms with Gasteiger partial charge in [-0.25, -0.2) is 4.98 Å². The maximum atomic E-state index is 11.2. The molecule has 0 spiro atoms. The first-order valence-corrected chi connectivity index (χ1v) is 9.41. The minimum Gasteiger partial charge on any atom is -0.500 e. The number of nitro benzene ring substituents is 1. The molecule has 30 heavy (non-hydrogen) atoms. The molecule has 4 rings (SSSR count). The molecule has 0 bridgehead atoms. The van der Waals surface area contributed by atoms with Crippen molar-refractivity contribution >= 4 is 28.7 Å². The van der Waals surface area contributed by atoms with E-state index in [1.807, 2.05) is 12.1 Å². The number of hydrogen-bond acceptors (Lipinski definition) is 9. The Morgan fingerprint density at radius 1 is 1.37 bits per heavy atom. The van der Waals surface area contributed by atoms with Crippen molar-refractivity contribution in [1.82, 2.24) is 4.98 Å². The molecule has 1 aromatic heterocycles. The lowest BCUT2D eigenvalue weighted by molar-refractivity contribution is -0.386. The maximum absolute atomic E-state index is 11.2. The number of hydrogen-bond donors (Lipinski definition) is 1. The van der Waals surface area contributed by atoms with Crippen LogP contribution in [0, 0.1) is 21.4 Å². The molecule has 0 radical (unpaired) electrons. The molecular weight excluding hydrogens is 410 g/mol. The SMILES string of the molecule is COc1cc(/C=C(/C#N)c2nc(-c3ccc4c(c3)OCO4)cs2)cc([N+](=O)[O-])c1O. The van der Waals surface area contributed by atoms with E-state index in [0.717, 1.165) is 5.56 Å². The summed E-state index contributed by atoms with van der Waals surface area (Å²) >= 11 is 1.26. The molecule has 3 aromatic rings. The number of aromatic nitrogens is 1. The van der Waals surface area contributed by atoms with Crippen molar-refractivity contribution in [2.24, 2.45) is 0 Å². The molecule has 150 valence electrons. The van der Waals surface area contributed by atoms with Crippen LogP contribution >= 0.6 is 11.3 Å². The highest BCUT2D eigenvalue weighted by Gasteiger charge is 2.20. The number of rotatable bonds is 5. The molecular formula is C20H13N3O6S. The van der Waals surface area contributed by atoms with E-state index in [2.05, 4.69) is 11.1 Å². The van der Waals surface area contributed by atoms with Crippen LogP contribution in [0.4, 0.5) is 5.69 Å². The quantitative estimate of drug-likeness (QED) is 0.367. The molecule has 0 amide bonds. The van der Waals surface area contributed by atoms with Gasteiger partial charge in [0.25, 0.3) is 0 Å². The lowest BCUT2D eigenvalue weighted by Gasteiger charge is -2.05. The zero-order valence-electron chi connectivity index (χ0n) is 15.5. The van der Waals surface area contributed by atoms with Gasteiger partial charge in [-0.1, -0.05) is 0 Å². The first-order valence-electron chi connectivity index (χ1n) is 8.53. The summed E-state index contributed by atoms with van der Waals surface area (Å²) in [5.74, 6) is 0.654. The fourth-order valence-corrected chi connectivity index (χ4v) is 3.68. The predicted molar refractivity (Wildman–Crippen MR) is 108 cm³/mol. The molecule has 0 atom stereocenters. The van der Waals surface area contributed by atoms with Gasteiger partial charge in [0.1, 0.15) is 11.1 Å². The van der Waals surface area contributed by atoms with Gasteiger partial charge in [0.05, 0.1) is 23.3 Å². The summed E-state index contributed by atoms with van der Waals surface area (Å²) in [5, 5.41) is 32.9. The summed E-state index contributed by atoms with van der Waals surface area (Å²) < 4.78 is 15.7. The summed E-state index contributed by atoms with van der Waals surface area (Å²) in [5.41, 5.74) is 1.49. The van der Waals surface area contributed by atoms with Crippen molar-refractivity contribution in [1.29, 1.82) is 5.26 Å². The molecule has 0 saturated heterocycles. The van der Waals surface area contributed by atoms with E-state index in [-0.39, 0.29) is 18.1 Å². The fourth-order valence-electron chi connectivity index (χ4n) is 2.89. The van der Waals surface area contributed by atoms with Gasteiger partial charge in [0.15, 0.2) is 17.2 Å². The second-order valence-electron chi connectivity index (χ2n) is 6.12. The monoisotopic (exact) mass is 423 g/mol. The van der Waals surface area contributed by atoms with Crippen molar-refractivity contribution in [2.75, 3.05) is 13.9 Å². The molecule has 10 heteroatoms. The smallest absolute Gasteiger partial charge is 0.315 e. The Labute approximate surface area is 174 Å². The highest BCUT2D eigenvalue weighted by molar-refractivity contribution is 7.11. The zero-order valence-corrected chi connectivity index (χ0v) is 16.3. The van der Waals surface area contributed by atoms with Crippen LogP contribution in [0.15, 0.2) is 35.7 Å². The normalized spacial score (nSPS) is 12.5. The van der Waals surface area contributed by atoms with Crippen LogP contribution < -0.4 is 14.2 Å². The van der Waals surface area contributed by atoms with Gasteiger partial charge in [0, 0.05) is 17.0 Å². The molecule has 0 saturated carbocycles. The number of thiazole rings is 1. The van der Waals surface area contributed by atoms with Gasteiger partial charge in [0.2, 0.25) is 12.5 Å². The summed E-state index contributed by atoms with van der Waals surface area (Å²) in [6.07, 6.45) is 1.46. The van der Waals surface area contributed by atoms with E-state index in [9.17, 15) is 20.5 Å². The minimum atomic E-state index is -0.720. The largest absolute Gasteiger partial charge is 0.500 e. The van der Waals surface area contributed by atoms with Crippen molar-refractivity contribution in [3.05, 3.63) is 56.4 Å². The van der Waals surface area contributed by atoms with Crippen LogP contribution in [-0.4, -0.2) is 28.9 Å². The summed E-state index contributed by atoms with van der Waals surface area (Å²) in [4.78, 5) is 15.0. The Morgan fingerprint density at radius 2 is 2.17 bits per heavy atom. The standard InChI is InChI=1S/C20H13N3O6S/c1-27-18-6-11(5-15(19(18)24)23(25)26)4-13(8-21)20-22-14(9-30-20)12-2-3-16-17(7-12)29-10-28-16/h2-7,9,24H,10H2,1H3/b13-4-. The van der Waals surface area contributed by atoms with Gasteiger partial charge < -0.3 is 19.3 Å². The van der Waals surface area contributed by atoms with Gasteiger partial charge in [-0.15, -0.1) is 11.3 Å². The highest BCUT2D eigenvalue weighted by Crippen LogP contribution is 2.39. The Morgan fingerprint density at radius 3 is 2.90 bits per heavy atom. The number of nitriles is 1. The Kier molecular flexibility index (Phi) is 4.95. The molecule has 2 aromatic carbocycles. The van der Waals surface area contributed by atoms with Crippen molar-refractivity contribution < 1.29 is 24.2 Å². The molecule has 1 aliphatic heterocycles. The van der Waals surface area contributed by atoms with E-state index in [4.69, 9.17) is 14.2 Å². The molecule has 9 nitrogen and oxygen atoms in total. The Balaban J connectivity index is 1.70. The maximum Gasteiger partial charge on any atom is 0.315 e. The van der Waals surface area contributed by atoms with Crippen LogP contribution in [0.5, 0.6) is 23.0 Å². The second kappa shape index (κ2) is 7.73. The third kappa shape index (κ3) is 3.49. The Bertz CT molecular complexity index is 1230. The predicted octanol–water partition coefficient (Wildman–Crippen LogP) is 4.23. The van der Waals surface area contributed by atoms with Crippen LogP contribution in [0.2, 0.25) is 0 Å². The average molecular weight is 423 g/mol. The van der Waals surface area contributed by atoms with E-state index in [0.29, 0.717) is 27.8 Å². The number of aromatic hydroxyl groups is 1. The highest BCUT2D eigenvalue weighted by atomic mass is 32.1. The number of allylic oxidation sites excluding steroid dienone is 1. The van der Waals surface area contributed by atoms with Crippen LogP contribution in [0.25, 0.3) is 22.9 Å². The third-order valence-corrected chi connectivity index (χ3v) is 5.20. The van der Waals surface area contributed by atoms with Crippen LogP contribution in [0.1, 0.15) is 10.6 Å². The number of ether oxygens (including phenoxy) is 3. The first-order chi connectivity index (χ1) is 14.5. The van der Waals surface area contributed by atoms with Gasteiger partial charge in [-0.3, -0.25) is 10.1 Å². The van der Waals surface area contributed by atoms with E-state index in [1.165, 1.54) is 36.7 Å². The number of benzene rings is 2. The number of nitrogens with zero attached hydrogens (tertiary/aromatic N) is 3. The van der Waals surface area contributed by atoms with Gasteiger partial charge >= 0.3 is 5.69 Å². The number of methoxy groups -OCH3 is 1. The zero-order chi connectivity index (χ0) is 21.3. The third-order valence-electron chi connectivity index (χ3n) is 4.33. The summed E-state index contributed by atoms with van der Waals surface area (Å²) in [7, 11) is 1.29. The number of phenolic OH excluding ortho intramolecular Hbond substituents is 1. The summed E-state index contributed by atoms with van der Waals surface area (Å²) in [6.45, 7) is 0.171. The van der Waals surface area contributed by atoms with Crippen LogP contribution in [0.3, 0.4) is 0 Å². The number of nitro groups is 1. The average Bonchev–Trinajstić information content (AvgIpc) is 3.41. The lowest BCUT2D eigenvalue weighted by Crippen LogP contribution is -1.93. The molecule has 0 unspecified atom stereocenters. The van der Waals surface area contributed by atoms with Crippen molar-refractivity contribution in [3.63, 3.8) is 0 Å². The molecule has 0 aliphatic carbocycles.